The van der Waals surface area contributed by atoms with E-state index < -0.39 is 0 Å². The van der Waals surface area contributed by atoms with Crippen LogP contribution in [0.1, 0.15) is 35.8 Å². The number of hydrogen-bond acceptors (Lipinski definition) is 6. The third-order valence-corrected chi connectivity index (χ3v) is 7.62. The van der Waals surface area contributed by atoms with E-state index in [9.17, 15) is 10.1 Å². The monoisotopic (exact) mass is 365 g/mol. The molecule has 1 amide bonds. The second-order valence-electron chi connectivity index (χ2n) is 5.67. The standard InChI is InChI=1S/C16H19N3OS3/c1-2-10-3-4-11-12(8-17)15(23-13(11)7-10)19-14(20)9-22-16-18-5-6-21-16/h10H,2-7,9H2,1H3,(H,19,20). The Morgan fingerprint density at radius 2 is 2.43 bits per heavy atom. The van der Waals surface area contributed by atoms with Crippen molar-refractivity contribution in [1.82, 2.24) is 0 Å². The van der Waals surface area contributed by atoms with E-state index in [4.69, 9.17) is 0 Å². The molecule has 1 aliphatic heterocycles. The summed E-state index contributed by atoms with van der Waals surface area (Å²) >= 11 is 4.79. The first-order valence-corrected chi connectivity index (χ1v) is 10.6. The van der Waals surface area contributed by atoms with Crippen molar-refractivity contribution < 1.29 is 4.79 Å². The second kappa shape index (κ2) is 7.73. The fourth-order valence-electron chi connectivity index (χ4n) is 2.90. The Morgan fingerprint density at radius 1 is 1.57 bits per heavy atom. The number of anilines is 1. The van der Waals surface area contributed by atoms with Gasteiger partial charge in [0, 0.05) is 10.6 Å². The van der Waals surface area contributed by atoms with Gasteiger partial charge in [-0.2, -0.15) is 5.26 Å². The topological polar surface area (TPSA) is 65.2 Å². The number of hydrogen-bond donors (Lipinski definition) is 1. The van der Waals surface area contributed by atoms with Crippen LogP contribution in [-0.2, 0) is 17.6 Å². The summed E-state index contributed by atoms with van der Waals surface area (Å²) in [4.78, 5) is 17.8. The fraction of sp³-hybridized carbons (Fsp3) is 0.562. The lowest BCUT2D eigenvalue weighted by molar-refractivity contribution is -0.113. The van der Waals surface area contributed by atoms with Crippen molar-refractivity contribution >= 4 is 50.1 Å². The SMILES string of the molecule is CCC1CCc2c(sc(NC(=O)CSC3=NCCS3)c2C#N)C1. The highest BCUT2D eigenvalue weighted by Gasteiger charge is 2.25. The molecule has 3 rings (SSSR count). The molecule has 4 nitrogen and oxygen atoms in total. The smallest absolute Gasteiger partial charge is 0.235 e. The van der Waals surface area contributed by atoms with Crippen LogP contribution in [0, 0.1) is 17.2 Å². The molecule has 1 N–H and O–H groups in total. The summed E-state index contributed by atoms with van der Waals surface area (Å²) in [6.45, 7) is 3.07. The number of thiophene rings is 1. The van der Waals surface area contributed by atoms with Crippen molar-refractivity contribution in [2.45, 2.75) is 32.6 Å². The molecule has 1 aliphatic carbocycles. The van der Waals surface area contributed by atoms with Gasteiger partial charge in [0.2, 0.25) is 5.91 Å². The average molecular weight is 366 g/mol. The van der Waals surface area contributed by atoms with Crippen LogP contribution in [0.2, 0.25) is 0 Å². The van der Waals surface area contributed by atoms with E-state index in [1.54, 1.807) is 23.1 Å². The van der Waals surface area contributed by atoms with Crippen LogP contribution in [0.15, 0.2) is 4.99 Å². The summed E-state index contributed by atoms with van der Waals surface area (Å²) in [6.07, 6.45) is 4.33. The molecule has 1 atom stereocenters. The molecule has 2 aliphatic rings. The highest BCUT2D eigenvalue weighted by atomic mass is 32.2. The van der Waals surface area contributed by atoms with Gasteiger partial charge in [0.1, 0.15) is 15.4 Å². The van der Waals surface area contributed by atoms with E-state index in [0.717, 1.165) is 40.9 Å². The summed E-state index contributed by atoms with van der Waals surface area (Å²) in [5, 5.41) is 13.2. The van der Waals surface area contributed by atoms with Gasteiger partial charge in [-0.15, -0.1) is 11.3 Å². The van der Waals surface area contributed by atoms with Crippen LogP contribution in [0.5, 0.6) is 0 Å². The van der Waals surface area contributed by atoms with Crippen LogP contribution in [-0.4, -0.2) is 28.3 Å². The average Bonchev–Trinajstić information content (AvgIpc) is 3.19. The van der Waals surface area contributed by atoms with Crippen molar-refractivity contribution in [1.29, 1.82) is 5.26 Å². The van der Waals surface area contributed by atoms with Crippen LogP contribution in [0.4, 0.5) is 5.00 Å². The van der Waals surface area contributed by atoms with Gasteiger partial charge < -0.3 is 5.32 Å². The highest BCUT2D eigenvalue weighted by Crippen LogP contribution is 2.40. The van der Waals surface area contributed by atoms with E-state index in [1.165, 1.54) is 28.6 Å². The predicted molar refractivity (Wildman–Crippen MR) is 101 cm³/mol. The number of carbonyl (C=O) groups is 1. The minimum atomic E-state index is -0.0488. The van der Waals surface area contributed by atoms with Crippen LogP contribution in [0.25, 0.3) is 0 Å². The number of rotatable bonds is 4. The first-order valence-electron chi connectivity index (χ1n) is 7.85. The lowest BCUT2D eigenvalue weighted by atomic mass is 9.86. The number of carbonyl (C=O) groups excluding carboxylic acids is 1. The Morgan fingerprint density at radius 3 is 3.13 bits per heavy atom. The number of nitrogens with zero attached hydrogens (tertiary/aromatic N) is 2. The number of fused-ring (bicyclic) bond motifs is 1. The third-order valence-electron chi connectivity index (χ3n) is 4.19. The van der Waals surface area contributed by atoms with E-state index in [1.807, 2.05) is 0 Å². The minimum absolute atomic E-state index is 0.0488. The number of thioether (sulfide) groups is 2. The Balaban J connectivity index is 1.66. The molecule has 0 radical (unpaired) electrons. The first-order chi connectivity index (χ1) is 11.2. The van der Waals surface area contributed by atoms with Gasteiger partial charge in [0.05, 0.1) is 17.9 Å². The van der Waals surface area contributed by atoms with Crippen LogP contribution in [0.3, 0.4) is 0 Å². The predicted octanol–water partition coefficient (Wildman–Crippen LogP) is 3.91. The van der Waals surface area contributed by atoms with Gasteiger partial charge in [-0.25, -0.2) is 0 Å². The van der Waals surface area contributed by atoms with Gasteiger partial charge >= 0.3 is 0 Å². The van der Waals surface area contributed by atoms with Gasteiger partial charge in [-0.3, -0.25) is 9.79 Å². The molecule has 0 fully saturated rings. The quantitative estimate of drug-likeness (QED) is 0.878. The van der Waals surface area contributed by atoms with Gasteiger partial charge in [0.15, 0.2) is 0 Å². The van der Waals surface area contributed by atoms with E-state index in [0.29, 0.717) is 17.2 Å². The van der Waals surface area contributed by atoms with Crippen molar-refractivity contribution in [2.75, 3.05) is 23.4 Å². The zero-order valence-electron chi connectivity index (χ0n) is 13.1. The van der Waals surface area contributed by atoms with E-state index >= 15 is 0 Å². The molecule has 7 heteroatoms. The molecular weight excluding hydrogens is 346 g/mol. The van der Waals surface area contributed by atoms with Gasteiger partial charge in [0.25, 0.3) is 0 Å². The molecular formula is C16H19N3OS3. The second-order valence-corrected chi connectivity index (χ2v) is 9.08. The van der Waals surface area contributed by atoms with Crippen LogP contribution >= 0.6 is 34.9 Å². The van der Waals surface area contributed by atoms with Crippen molar-refractivity contribution in [2.24, 2.45) is 10.9 Å². The maximum absolute atomic E-state index is 12.2. The molecule has 1 aromatic heterocycles. The highest BCUT2D eigenvalue weighted by molar-refractivity contribution is 8.39. The molecule has 0 spiro atoms. The summed E-state index contributed by atoms with van der Waals surface area (Å²) in [7, 11) is 0. The Kier molecular flexibility index (Phi) is 5.67. The zero-order chi connectivity index (χ0) is 16.2. The molecule has 122 valence electrons. The summed E-state index contributed by atoms with van der Waals surface area (Å²) < 4.78 is 0.997. The van der Waals surface area contributed by atoms with Crippen molar-refractivity contribution in [3.8, 4) is 6.07 Å². The summed E-state index contributed by atoms with van der Waals surface area (Å²) in [5.74, 6) is 2.03. The number of nitrogens with one attached hydrogen (secondary N) is 1. The lowest BCUT2D eigenvalue weighted by Gasteiger charge is -2.20. The lowest BCUT2D eigenvalue weighted by Crippen LogP contribution is -2.15. The molecule has 2 heterocycles. The molecule has 0 aromatic carbocycles. The third kappa shape index (κ3) is 3.93. The first kappa shape index (κ1) is 16.9. The molecule has 0 bridgehead atoms. The molecule has 1 unspecified atom stereocenters. The van der Waals surface area contributed by atoms with Crippen LogP contribution < -0.4 is 5.32 Å². The van der Waals surface area contributed by atoms with Crippen molar-refractivity contribution in [3.63, 3.8) is 0 Å². The minimum Gasteiger partial charge on any atom is -0.316 e. The van der Waals surface area contributed by atoms with E-state index in [2.05, 4.69) is 23.3 Å². The number of aliphatic imine (C=N–C) groups is 1. The number of nitriles is 1. The van der Waals surface area contributed by atoms with E-state index in [-0.39, 0.29) is 5.91 Å². The number of amides is 1. The summed E-state index contributed by atoms with van der Waals surface area (Å²) in [6, 6.07) is 2.30. The summed E-state index contributed by atoms with van der Waals surface area (Å²) in [5.41, 5.74) is 1.85. The molecule has 1 aromatic rings. The van der Waals surface area contributed by atoms with Gasteiger partial charge in [-0.1, -0.05) is 36.9 Å². The molecule has 23 heavy (non-hydrogen) atoms. The van der Waals surface area contributed by atoms with Crippen molar-refractivity contribution in [3.05, 3.63) is 16.0 Å². The Labute approximate surface area is 149 Å². The van der Waals surface area contributed by atoms with Gasteiger partial charge in [-0.05, 0) is 30.7 Å². The largest absolute Gasteiger partial charge is 0.316 e. The maximum Gasteiger partial charge on any atom is 0.235 e. The molecule has 0 saturated heterocycles. The maximum atomic E-state index is 12.2. The fourth-order valence-corrected chi connectivity index (χ4v) is 6.04. The Hall–Kier alpha value is -0.970. The zero-order valence-corrected chi connectivity index (χ0v) is 15.5. The Bertz CT molecular complexity index is 675. The normalized spacial score (nSPS) is 19.8. The molecule has 0 saturated carbocycles.